The van der Waals surface area contributed by atoms with Crippen molar-refractivity contribution in [2.75, 3.05) is 19.7 Å². The molecule has 0 radical (unpaired) electrons. The molecule has 1 aromatic carbocycles. The highest BCUT2D eigenvalue weighted by Gasteiger charge is 2.13. The number of thioether (sulfide) groups is 1. The average Bonchev–Trinajstić information content (AvgIpc) is 2.33. The molecule has 0 aromatic heterocycles. The summed E-state index contributed by atoms with van der Waals surface area (Å²) < 4.78 is 5.43. The third-order valence-corrected chi connectivity index (χ3v) is 4.07. The molecule has 1 saturated heterocycles. The smallest absolute Gasteiger partial charge is 0.119 e. The van der Waals surface area contributed by atoms with Crippen molar-refractivity contribution in [3.05, 3.63) is 24.3 Å². The van der Waals surface area contributed by atoms with Crippen molar-refractivity contribution in [2.24, 2.45) is 0 Å². The minimum Gasteiger partial charge on any atom is -0.494 e. The van der Waals surface area contributed by atoms with Gasteiger partial charge in [-0.15, -0.1) is 11.8 Å². The lowest BCUT2D eigenvalue weighted by molar-refractivity contribution is 0.340. The van der Waals surface area contributed by atoms with E-state index in [9.17, 15) is 0 Å². The summed E-state index contributed by atoms with van der Waals surface area (Å²) in [6.07, 6.45) is 2.55. The second-order valence-electron chi connectivity index (χ2n) is 3.97. The first kappa shape index (κ1) is 11.8. The molecular formula is C13H19NOS. The molecule has 2 rings (SSSR count). The Morgan fingerprint density at radius 1 is 1.25 bits per heavy atom. The Morgan fingerprint density at radius 2 is 1.94 bits per heavy atom. The van der Waals surface area contributed by atoms with Gasteiger partial charge in [0.15, 0.2) is 0 Å². The molecule has 0 atom stereocenters. The molecule has 0 unspecified atom stereocenters. The number of rotatable bonds is 4. The summed E-state index contributed by atoms with van der Waals surface area (Å²) in [4.78, 5) is 1.36. The van der Waals surface area contributed by atoms with Crippen molar-refractivity contribution < 1.29 is 4.74 Å². The van der Waals surface area contributed by atoms with Gasteiger partial charge in [-0.05, 0) is 57.1 Å². The summed E-state index contributed by atoms with van der Waals surface area (Å²) in [6, 6.07) is 8.45. The fraction of sp³-hybridized carbons (Fsp3) is 0.538. The maximum absolute atomic E-state index is 5.43. The van der Waals surface area contributed by atoms with Crippen LogP contribution in [-0.2, 0) is 0 Å². The van der Waals surface area contributed by atoms with Crippen molar-refractivity contribution in [2.45, 2.75) is 29.9 Å². The molecule has 0 spiro atoms. The fourth-order valence-corrected chi connectivity index (χ4v) is 3.04. The predicted molar refractivity (Wildman–Crippen MR) is 69.4 cm³/mol. The third-order valence-electron chi connectivity index (χ3n) is 2.72. The molecule has 2 nitrogen and oxygen atoms in total. The van der Waals surface area contributed by atoms with Crippen molar-refractivity contribution in [1.82, 2.24) is 5.32 Å². The van der Waals surface area contributed by atoms with Crippen LogP contribution in [0.2, 0.25) is 0 Å². The number of piperidine rings is 1. The minimum absolute atomic E-state index is 0.737. The van der Waals surface area contributed by atoms with Crippen molar-refractivity contribution >= 4 is 11.8 Å². The Kier molecular flexibility index (Phi) is 4.55. The summed E-state index contributed by atoms with van der Waals surface area (Å²) in [5, 5.41) is 4.17. The van der Waals surface area contributed by atoms with Gasteiger partial charge in [0.2, 0.25) is 0 Å². The largest absolute Gasteiger partial charge is 0.494 e. The van der Waals surface area contributed by atoms with Gasteiger partial charge >= 0.3 is 0 Å². The highest BCUT2D eigenvalue weighted by atomic mass is 32.2. The number of hydrogen-bond donors (Lipinski definition) is 1. The lowest BCUT2D eigenvalue weighted by atomic mass is 10.2. The molecule has 1 heterocycles. The molecule has 16 heavy (non-hydrogen) atoms. The van der Waals surface area contributed by atoms with Gasteiger partial charge in [-0.2, -0.15) is 0 Å². The van der Waals surface area contributed by atoms with Crippen molar-refractivity contribution in [3.63, 3.8) is 0 Å². The average molecular weight is 237 g/mol. The van der Waals surface area contributed by atoms with Gasteiger partial charge in [-0.1, -0.05) is 0 Å². The van der Waals surface area contributed by atoms with E-state index >= 15 is 0 Å². The summed E-state index contributed by atoms with van der Waals surface area (Å²) in [5.74, 6) is 0.970. The van der Waals surface area contributed by atoms with Crippen LogP contribution in [0.4, 0.5) is 0 Å². The zero-order valence-electron chi connectivity index (χ0n) is 9.74. The van der Waals surface area contributed by atoms with Gasteiger partial charge in [0.1, 0.15) is 5.75 Å². The molecule has 0 bridgehead atoms. The van der Waals surface area contributed by atoms with Crippen molar-refractivity contribution in [1.29, 1.82) is 0 Å². The second-order valence-corrected chi connectivity index (χ2v) is 5.35. The maximum Gasteiger partial charge on any atom is 0.119 e. The van der Waals surface area contributed by atoms with Crippen LogP contribution in [0, 0.1) is 0 Å². The molecule has 88 valence electrons. The molecule has 1 N–H and O–H groups in total. The Labute approximate surface area is 102 Å². The molecular weight excluding hydrogens is 218 g/mol. The van der Waals surface area contributed by atoms with E-state index in [1.54, 1.807) is 0 Å². The normalized spacial score (nSPS) is 17.3. The summed E-state index contributed by atoms with van der Waals surface area (Å²) in [6.45, 7) is 5.07. The van der Waals surface area contributed by atoms with E-state index in [4.69, 9.17) is 4.74 Å². The quantitative estimate of drug-likeness (QED) is 0.870. The topological polar surface area (TPSA) is 21.3 Å². The van der Waals surface area contributed by atoms with Gasteiger partial charge < -0.3 is 10.1 Å². The maximum atomic E-state index is 5.43. The second kappa shape index (κ2) is 6.16. The number of benzene rings is 1. The Morgan fingerprint density at radius 3 is 2.56 bits per heavy atom. The van der Waals surface area contributed by atoms with Crippen LogP contribution in [0.25, 0.3) is 0 Å². The third kappa shape index (κ3) is 3.42. The van der Waals surface area contributed by atoms with E-state index in [0.717, 1.165) is 30.7 Å². The van der Waals surface area contributed by atoms with Gasteiger partial charge in [-0.25, -0.2) is 0 Å². The van der Waals surface area contributed by atoms with E-state index < -0.39 is 0 Å². The lowest BCUT2D eigenvalue weighted by Crippen LogP contribution is -2.29. The highest BCUT2D eigenvalue weighted by Crippen LogP contribution is 2.29. The first-order chi connectivity index (χ1) is 7.88. The van der Waals surface area contributed by atoms with Crippen LogP contribution in [0.15, 0.2) is 29.2 Å². The van der Waals surface area contributed by atoms with Gasteiger partial charge in [0, 0.05) is 10.1 Å². The van der Waals surface area contributed by atoms with E-state index in [1.165, 1.54) is 17.7 Å². The van der Waals surface area contributed by atoms with Crippen LogP contribution in [0.5, 0.6) is 5.75 Å². The molecule has 1 aliphatic rings. The van der Waals surface area contributed by atoms with Crippen LogP contribution in [0.1, 0.15) is 19.8 Å². The zero-order chi connectivity index (χ0) is 11.2. The Balaban J connectivity index is 1.88. The monoisotopic (exact) mass is 237 g/mol. The summed E-state index contributed by atoms with van der Waals surface area (Å²) in [7, 11) is 0. The highest BCUT2D eigenvalue weighted by molar-refractivity contribution is 8.00. The Hall–Kier alpha value is -0.670. The standard InChI is InChI=1S/C13H19NOS/c1-2-15-11-3-5-12(6-4-11)16-13-7-9-14-10-8-13/h3-6,13-14H,2,7-10H2,1H3. The van der Waals surface area contributed by atoms with Gasteiger partial charge in [0.25, 0.3) is 0 Å². The lowest BCUT2D eigenvalue weighted by Gasteiger charge is -2.22. The van der Waals surface area contributed by atoms with E-state index in [1.807, 2.05) is 18.7 Å². The number of hydrogen-bond acceptors (Lipinski definition) is 3. The predicted octanol–water partition coefficient (Wildman–Crippen LogP) is 2.93. The molecule has 1 aliphatic heterocycles. The summed E-state index contributed by atoms with van der Waals surface area (Å²) in [5.41, 5.74) is 0. The summed E-state index contributed by atoms with van der Waals surface area (Å²) >= 11 is 2.00. The fourth-order valence-electron chi connectivity index (χ4n) is 1.89. The van der Waals surface area contributed by atoms with E-state index in [2.05, 4.69) is 29.6 Å². The molecule has 1 aromatic rings. The first-order valence-electron chi connectivity index (χ1n) is 5.98. The Bertz CT molecular complexity index is 306. The van der Waals surface area contributed by atoms with Crippen LogP contribution in [-0.4, -0.2) is 24.9 Å². The molecule has 1 fully saturated rings. The van der Waals surface area contributed by atoms with Crippen molar-refractivity contribution in [3.8, 4) is 5.75 Å². The number of ether oxygens (including phenoxy) is 1. The van der Waals surface area contributed by atoms with E-state index in [-0.39, 0.29) is 0 Å². The van der Waals surface area contributed by atoms with Crippen LogP contribution < -0.4 is 10.1 Å². The van der Waals surface area contributed by atoms with Gasteiger partial charge in [-0.3, -0.25) is 0 Å². The van der Waals surface area contributed by atoms with Crippen LogP contribution >= 0.6 is 11.8 Å². The molecule has 3 heteroatoms. The first-order valence-corrected chi connectivity index (χ1v) is 6.86. The zero-order valence-corrected chi connectivity index (χ0v) is 10.6. The van der Waals surface area contributed by atoms with Crippen LogP contribution in [0.3, 0.4) is 0 Å². The molecule has 0 aliphatic carbocycles. The van der Waals surface area contributed by atoms with Gasteiger partial charge in [0.05, 0.1) is 6.61 Å². The number of nitrogens with one attached hydrogen (secondary N) is 1. The van der Waals surface area contributed by atoms with E-state index in [0.29, 0.717) is 0 Å². The molecule has 0 amide bonds. The molecule has 0 saturated carbocycles. The SMILES string of the molecule is CCOc1ccc(SC2CCNCC2)cc1. The minimum atomic E-state index is 0.737.